The molecule has 6 heteroatoms. The van der Waals surface area contributed by atoms with E-state index in [1.54, 1.807) is 0 Å². The average Bonchev–Trinajstić information content (AvgIpc) is 3.15. The minimum atomic E-state index is -0.378. The maximum absolute atomic E-state index is 12.6. The van der Waals surface area contributed by atoms with Gasteiger partial charge in [-0.15, -0.1) is 0 Å². The van der Waals surface area contributed by atoms with Crippen molar-refractivity contribution in [2.45, 2.75) is 18.9 Å². The van der Waals surface area contributed by atoms with Gasteiger partial charge in [0, 0.05) is 29.5 Å². The number of anilines is 1. The standard InChI is InChI=1S/C18H20BrN3O2/c19-14-5-3-13-4-6-17(20-15(13)11-14)22-9-10-24-16(12-22)18(23)21-7-1-2-8-21/h3-6,11,16H,1-2,7-10,12H2. The molecule has 2 aromatic rings. The summed E-state index contributed by atoms with van der Waals surface area (Å²) in [6, 6.07) is 10.2. The number of halogens is 1. The van der Waals surface area contributed by atoms with Gasteiger partial charge in [0.2, 0.25) is 0 Å². The molecule has 2 aliphatic heterocycles. The highest BCUT2D eigenvalue weighted by Gasteiger charge is 2.31. The van der Waals surface area contributed by atoms with Crippen LogP contribution < -0.4 is 4.90 Å². The van der Waals surface area contributed by atoms with Gasteiger partial charge in [0.25, 0.3) is 5.91 Å². The molecule has 1 aromatic carbocycles. The first-order chi connectivity index (χ1) is 11.7. The molecular weight excluding hydrogens is 370 g/mol. The van der Waals surface area contributed by atoms with Crippen LogP contribution in [0, 0.1) is 0 Å². The molecule has 1 aromatic heterocycles. The molecule has 0 aliphatic carbocycles. The quantitative estimate of drug-likeness (QED) is 0.791. The van der Waals surface area contributed by atoms with Crippen LogP contribution in [0.25, 0.3) is 10.9 Å². The first-order valence-corrected chi connectivity index (χ1v) is 9.22. The largest absolute Gasteiger partial charge is 0.365 e. The van der Waals surface area contributed by atoms with E-state index in [4.69, 9.17) is 9.72 Å². The third kappa shape index (κ3) is 3.13. The van der Waals surface area contributed by atoms with Crippen LogP contribution in [0.2, 0.25) is 0 Å². The molecule has 2 saturated heterocycles. The minimum Gasteiger partial charge on any atom is -0.365 e. The Balaban J connectivity index is 1.54. The number of amides is 1. The van der Waals surface area contributed by atoms with E-state index >= 15 is 0 Å². The Kier molecular flexibility index (Phi) is 4.41. The summed E-state index contributed by atoms with van der Waals surface area (Å²) in [7, 11) is 0. The third-order valence-electron chi connectivity index (χ3n) is 4.72. The van der Waals surface area contributed by atoms with Crippen molar-refractivity contribution >= 4 is 38.6 Å². The highest BCUT2D eigenvalue weighted by atomic mass is 79.9. The summed E-state index contributed by atoms with van der Waals surface area (Å²) in [4.78, 5) is 21.4. The van der Waals surface area contributed by atoms with Gasteiger partial charge in [-0.1, -0.05) is 22.0 Å². The van der Waals surface area contributed by atoms with Gasteiger partial charge in [0.1, 0.15) is 5.82 Å². The summed E-state index contributed by atoms with van der Waals surface area (Å²) in [5.41, 5.74) is 0.954. The summed E-state index contributed by atoms with van der Waals surface area (Å²) >= 11 is 3.50. The molecule has 2 fully saturated rings. The first kappa shape index (κ1) is 15.8. The van der Waals surface area contributed by atoms with E-state index in [-0.39, 0.29) is 12.0 Å². The molecule has 1 unspecified atom stereocenters. The molecule has 0 saturated carbocycles. The molecule has 1 amide bonds. The van der Waals surface area contributed by atoms with Crippen LogP contribution >= 0.6 is 15.9 Å². The van der Waals surface area contributed by atoms with Gasteiger partial charge < -0.3 is 14.5 Å². The fourth-order valence-corrected chi connectivity index (χ4v) is 3.75. The highest BCUT2D eigenvalue weighted by molar-refractivity contribution is 9.10. The van der Waals surface area contributed by atoms with Crippen LogP contribution in [-0.4, -0.2) is 54.7 Å². The van der Waals surface area contributed by atoms with Gasteiger partial charge in [-0.25, -0.2) is 4.98 Å². The van der Waals surface area contributed by atoms with E-state index < -0.39 is 0 Å². The summed E-state index contributed by atoms with van der Waals surface area (Å²) in [6.45, 7) is 3.61. The van der Waals surface area contributed by atoms with E-state index in [1.165, 1.54) is 0 Å². The van der Waals surface area contributed by atoms with E-state index in [2.05, 4.69) is 33.0 Å². The molecule has 0 radical (unpaired) electrons. The zero-order valence-corrected chi connectivity index (χ0v) is 15.0. The zero-order valence-electron chi connectivity index (χ0n) is 13.4. The second kappa shape index (κ2) is 6.69. The van der Waals surface area contributed by atoms with Crippen molar-refractivity contribution in [2.75, 3.05) is 37.7 Å². The van der Waals surface area contributed by atoms with Gasteiger partial charge in [-0.2, -0.15) is 0 Å². The fraction of sp³-hybridized carbons (Fsp3) is 0.444. The Hall–Kier alpha value is -1.66. The predicted molar refractivity (Wildman–Crippen MR) is 97.2 cm³/mol. The monoisotopic (exact) mass is 389 g/mol. The van der Waals surface area contributed by atoms with E-state index in [0.717, 1.165) is 53.7 Å². The highest BCUT2D eigenvalue weighted by Crippen LogP contribution is 2.23. The van der Waals surface area contributed by atoms with Crippen LogP contribution in [-0.2, 0) is 9.53 Å². The lowest BCUT2D eigenvalue weighted by atomic mass is 10.2. The number of hydrogen-bond donors (Lipinski definition) is 0. The number of pyridine rings is 1. The molecule has 1 atom stereocenters. The molecule has 2 aliphatic rings. The van der Waals surface area contributed by atoms with E-state index in [9.17, 15) is 4.79 Å². The van der Waals surface area contributed by atoms with Crippen molar-refractivity contribution in [1.29, 1.82) is 0 Å². The second-order valence-electron chi connectivity index (χ2n) is 6.34. The van der Waals surface area contributed by atoms with Gasteiger partial charge in [0.15, 0.2) is 6.10 Å². The van der Waals surface area contributed by atoms with E-state index in [0.29, 0.717) is 13.2 Å². The first-order valence-electron chi connectivity index (χ1n) is 8.42. The van der Waals surface area contributed by atoms with Gasteiger partial charge in [-0.05, 0) is 37.1 Å². The van der Waals surface area contributed by atoms with Crippen LogP contribution in [0.1, 0.15) is 12.8 Å². The van der Waals surface area contributed by atoms with Crippen molar-refractivity contribution < 1.29 is 9.53 Å². The predicted octanol–water partition coefficient (Wildman–Crippen LogP) is 2.82. The van der Waals surface area contributed by atoms with Crippen LogP contribution in [0.3, 0.4) is 0 Å². The number of aromatic nitrogens is 1. The Bertz CT molecular complexity index is 761. The van der Waals surface area contributed by atoms with Crippen molar-refractivity contribution in [3.63, 3.8) is 0 Å². The SMILES string of the molecule is O=C(C1CN(c2ccc3ccc(Br)cc3n2)CCO1)N1CCCC1. The third-order valence-corrected chi connectivity index (χ3v) is 5.22. The Labute approximate surface area is 149 Å². The number of fused-ring (bicyclic) bond motifs is 1. The van der Waals surface area contributed by atoms with Crippen LogP contribution in [0.4, 0.5) is 5.82 Å². The molecule has 0 spiro atoms. The van der Waals surface area contributed by atoms with Gasteiger partial charge in [-0.3, -0.25) is 4.79 Å². The van der Waals surface area contributed by atoms with Gasteiger partial charge in [0.05, 0.1) is 18.7 Å². The number of ether oxygens (including phenoxy) is 1. The number of benzene rings is 1. The smallest absolute Gasteiger partial charge is 0.253 e. The van der Waals surface area contributed by atoms with Crippen LogP contribution in [0.5, 0.6) is 0 Å². The average molecular weight is 390 g/mol. The molecule has 5 nitrogen and oxygen atoms in total. The molecule has 0 bridgehead atoms. The maximum Gasteiger partial charge on any atom is 0.253 e. The maximum atomic E-state index is 12.6. The summed E-state index contributed by atoms with van der Waals surface area (Å²) < 4.78 is 6.76. The van der Waals surface area contributed by atoms with Gasteiger partial charge >= 0.3 is 0 Å². The lowest BCUT2D eigenvalue weighted by Gasteiger charge is -2.34. The summed E-state index contributed by atoms with van der Waals surface area (Å²) in [5.74, 6) is 1.03. The van der Waals surface area contributed by atoms with E-state index in [1.807, 2.05) is 23.1 Å². The molecule has 126 valence electrons. The number of hydrogen-bond acceptors (Lipinski definition) is 4. The van der Waals surface area contributed by atoms with Crippen molar-refractivity contribution in [3.05, 3.63) is 34.8 Å². The number of nitrogens with zero attached hydrogens (tertiary/aromatic N) is 3. The lowest BCUT2D eigenvalue weighted by molar-refractivity contribution is -0.143. The van der Waals surface area contributed by atoms with Crippen molar-refractivity contribution in [2.24, 2.45) is 0 Å². The number of rotatable bonds is 2. The second-order valence-corrected chi connectivity index (χ2v) is 7.26. The molecule has 4 rings (SSSR count). The zero-order chi connectivity index (χ0) is 16.5. The molecule has 24 heavy (non-hydrogen) atoms. The van der Waals surface area contributed by atoms with Crippen LogP contribution in [0.15, 0.2) is 34.8 Å². The summed E-state index contributed by atoms with van der Waals surface area (Å²) in [5, 5.41) is 1.11. The van der Waals surface area contributed by atoms with Crippen molar-refractivity contribution in [1.82, 2.24) is 9.88 Å². The number of carbonyl (C=O) groups is 1. The fourth-order valence-electron chi connectivity index (χ4n) is 3.40. The number of carbonyl (C=O) groups excluding carboxylic acids is 1. The molecule has 0 N–H and O–H groups in total. The normalized spacial score (nSPS) is 21.5. The van der Waals surface area contributed by atoms with Crippen molar-refractivity contribution in [3.8, 4) is 0 Å². The molecular formula is C18H20BrN3O2. The Morgan fingerprint density at radius 3 is 2.79 bits per heavy atom. The lowest BCUT2D eigenvalue weighted by Crippen LogP contribution is -2.50. The minimum absolute atomic E-state index is 0.126. The number of morpholine rings is 1. The molecule has 3 heterocycles. The number of likely N-dealkylation sites (tertiary alicyclic amines) is 1. The topological polar surface area (TPSA) is 45.7 Å². The Morgan fingerprint density at radius 2 is 1.96 bits per heavy atom. The summed E-state index contributed by atoms with van der Waals surface area (Å²) in [6.07, 6.45) is 1.82. The Morgan fingerprint density at radius 1 is 1.17 bits per heavy atom.